The van der Waals surface area contributed by atoms with Crippen LogP contribution in [0.15, 0.2) is 36.5 Å². The molecule has 33 heavy (non-hydrogen) atoms. The van der Waals surface area contributed by atoms with E-state index in [1.54, 1.807) is 25.4 Å². The van der Waals surface area contributed by atoms with Crippen molar-refractivity contribution in [1.29, 1.82) is 0 Å². The maximum atomic E-state index is 12.5. The fourth-order valence-electron chi connectivity index (χ4n) is 3.47. The summed E-state index contributed by atoms with van der Waals surface area (Å²) in [5.74, 6) is 0.339. The lowest BCUT2D eigenvalue weighted by molar-refractivity contribution is -0.125. The number of rotatable bonds is 10. The Morgan fingerprint density at radius 3 is 2.79 bits per heavy atom. The number of hydrogen-bond donors (Lipinski definition) is 3. The summed E-state index contributed by atoms with van der Waals surface area (Å²) in [7, 11) is 1.65. The summed E-state index contributed by atoms with van der Waals surface area (Å²) in [6.07, 6.45) is 2.33. The minimum Gasteiger partial charge on any atom is -0.478 e. The monoisotopic (exact) mass is 474 g/mol. The standard InChI is InChI=1S/C24H31ClN4O4/c1-15(2)24(31)27-13-16-5-7-19(25)18(11-16)23-28-20(12-21(30)29-23)17-6-8-22(26-14-17)33-10-4-9-32-3/h5-8,11,14-15,20,23,28H,4,9-10,12-13H2,1-3H3,(H,27,31)(H,29,30). The fraction of sp³-hybridized carbons (Fsp3) is 0.458. The van der Waals surface area contributed by atoms with E-state index in [9.17, 15) is 9.59 Å². The molecule has 1 aromatic carbocycles. The van der Waals surface area contributed by atoms with E-state index in [0.717, 1.165) is 23.1 Å². The largest absolute Gasteiger partial charge is 0.478 e. The topological polar surface area (TPSA) is 102 Å². The molecule has 2 atom stereocenters. The molecule has 3 rings (SSSR count). The maximum absolute atomic E-state index is 12.5. The predicted molar refractivity (Wildman–Crippen MR) is 126 cm³/mol. The van der Waals surface area contributed by atoms with E-state index in [1.807, 2.05) is 32.0 Å². The molecule has 0 bridgehead atoms. The van der Waals surface area contributed by atoms with Crippen molar-refractivity contribution >= 4 is 23.4 Å². The van der Waals surface area contributed by atoms with Crippen molar-refractivity contribution in [3.8, 4) is 5.88 Å². The van der Waals surface area contributed by atoms with Crippen molar-refractivity contribution < 1.29 is 19.1 Å². The van der Waals surface area contributed by atoms with Crippen LogP contribution in [0, 0.1) is 5.92 Å². The number of pyridine rings is 1. The van der Waals surface area contributed by atoms with Crippen LogP contribution in [0.25, 0.3) is 0 Å². The molecule has 0 aliphatic carbocycles. The fourth-order valence-corrected chi connectivity index (χ4v) is 3.70. The smallest absolute Gasteiger partial charge is 0.223 e. The molecule has 1 aliphatic rings. The van der Waals surface area contributed by atoms with Crippen LogP contribution in [0.4, 0.5) is 0 Å². The highest BCUT2D eigenvalue weighted by atomic mass is 35.5. The molecule has 2 amide bonds. The molecule has 2 aromatic rings. The van der Waals surface area contributed by atoms with E-state index in [0.29, 0.717) is 30.7 Å². The van der Waals surface area contributed by atoms with Crippen LogP contribution in [-0.2, 0) is 20.9 Å². The number of benzene rings is 1. The lowest BCUT2D eigenvalue weighted by Crippen LogP contribution is -2.46. The summed E-state index contributed by atoms with van der Waals surface area (Å²) in [5.41, 5.74) is 2.53. The Balaban J connectivity index is 1.68. The first kappa shape index (κ1) is 25.0. The van der Waals surface area contributed by atoms with Gasteiger partial charge in [0, 0.05) is 67.9 Å². The van der Waals surface area contributed by atoms with E-state index in [-0.39, 0.29) is 30.2 Å². The van der Waals surface area contributed by atoms with Gasteiger partial charge in [0.1, 0.15) is 6.17 Å². The second-order valence-electron chi connectivity index (χ2n) is 8.28. The Kier molecular flexibility index (Phi) is 9.05. The first-order valence-electron chi connectivity index (χ1n) is 11.1. The number of halogens is 1. The van der Waals surface area contributed by atoms with Crippen LogP contribution in [-0.4, -0.2) is 37.1 Å². The highest BCUT2D eigenvalue weighted by Crippen LogP contribution is 2.30. The van der Waals surface area contributed by atoms with E-state index < -0.39 is 6.17 Å². The number of methoxy groups -OCH3 is 1. The highest BCUT2D eigenvalue weighted by molar-refractivity contribution is 6.31. The van der Waals surface area contributed by atoms with Crippen LogP contribution in [0.5, 0.6) is 5.88 Å². The number of carbonyl (C=O) groups is 2. The Hall–Kier alpha value is -2.68. The summed E-state index contributed by atoms with van der Waals surface area (Å²) < 4.78 is 10.6. The third kappa shape index (κ3) is 7.15. The second kappa shape index (κ2) is 12.0. The normalized spacial score (nSPS) is 18.2. The molecule has 8 nitrogen and oxygen atoms in total. The SMILES string of the molecule is COCCCOc1ccc(C2CC(=O)NC(c3cc(CNC(=O)C(C)C)ccc3Cl)N2)cn1. The van der Waals surface area contributed by atoms with Gasteiger partial charge in [-0.1, -0.05) is 37.6 Å². The zero-order valence-electron chi connectivity index (χ0n) is 19.2. The molecule has 9 heteroatoms. The van der Waals surface area contributed by atoms with Gasteiger partial charge in [-0.25, -0.2) is 4.98 Å². The Morgan fingerprint density at radius 2 is 2.09 bits per heavy atom. The molecular formula is C24H31ClN4O4. The number of carbonyl (C=O) groups excluding carboxylic acids is 2. The zero-order chi connectivity index (χ0) is 23.8. The Bertz CT molecular complexity index is 952. The van der Waals surface area contributed by atoms with Gasteiger partial charge >= 0.3 is 0 Å². The van der Waals surface area contributed by atoms with Crippen molar-refractivity contribution in [1.82, 2.24) is 20.9 Å². The minimum atomic E-state index is -0.463. The number of ether oxygens (including phenoxy) is 2. The summed E-state index contributed by atoms with van der Waals surface area (Å²) in [6.45, 7) is 5.24. The van der Waals surface area contributed by atoms with Crippen molar-refractivity contribution in [2.45, 2.75) is 45.4 Å². The predicted octanol–water partition coefficient (Wildman–Crippen LogP) is 3.27. The highest BCUT2D eigenvalue weighted by Gasteiger charge is 2.29. The van der Waals surface area contributed by atoms with Gasteiger partial charge in [0.05, 0.1) is 6.61 Å². The van der Waals surface area contributed by atoms with Gasteiger partial charge in [-0.15, -0.1) is 0 Å². The average Bonchev–Trinajstić information content (AvgIpc) is 2.81. The number of hydrogen-bond acceptors (Lipinski definition) is 6. The third-order valence-electron chi connectivity index (χ3n) is 5.33. The van der Waals surface area contributed by atoms with Crippen molar-refractivity contribution in [3.05, 3.63) is 58.2 Å². The summed E-state index contributed by atoms with van der Waals surface area (Å²) in [4.78, 5) is 28.7. The molecule has 1 aliphatic heterocycles. The molecule has 0 radical (unpaired) electrons. The molecule has 2 heterocycles. The van der Waals surface area contributed by atoms with Gasteiger partial charge < -0.3 is 20.1 Å². The molecule has 1 fully saturated rings. The van der Waals surface area contributed by atoms with Gasteiger partial charge in [0.2, 0.25) is 17.7 Å². The van der Waals surface area contributed by atoms with Crippen LogP contribution >= 0.6 is 11.6 Å². The van der Waals surface area contributed by atoms with E-state index in [2.05, 4.69) is 20.9 Å². The first-order chi connectivity index (χ1) is 15.9. The number of nitrogens with zero attached hydrogens (tertiary/aromatic N) is 1. The lowest BCUT2D eigenvalue weighted by atomic mass is 9.99. The molecule has 3 N–H and O–H groups in total. The molecular weight excluding hydrogens is 444 g/mol. The van der Waals surface area contributed by atoms with Crippen LogP contribution < -0.4 is 20.7 Å². The lowest BCUT2D eigenvalue weighted by Gasteiger charge is -2.32. The van der Waals surface area contributed by atoms with Crippen LogP contribution in [0.1, 0.15) is 55.6 Å². The van der Waals surface area contributed by atoms with Crippen LogP contribution in [0.2, 0.25) is 5.02 Å². The van der Waals surface area contributed by atoms with Gasteiger partial charge in [0.25, 0.3) is 0 Å². The van der Waals surface area contributed by atoms with Crippen molar-refractivity contribution in [3.63, 3.8) is 0 Å². The maximum Gasteiger partial charge on any atom is 0.223 e. The number of aromatic nitrogens is 1. The summed E-state index contributed by atoms with van der Waals surface area (Å²) in [5, 5.41) is 9.84. The zero-order valence-corrected chi connectivity index (χ0v) is 19.9. The van der Waals surface area contributed by atoms with E-state index >= 15 is 0 Å². The van der Waals surface area contributed by atoms with Crippen molar-refractivity contribution in [2.24, 2.45) is 5.92 Å². The van der Waals surface area contributed by atoms with Gasteiger partial charge in [-0.3, -0.25) is 14.9 Å². The van der Waals surface area contributed by atoms with Gasteiger partial charge in [0.15, 0.2) is 0 Å². The van der Waals surface area contributed by atoms with Crippen LogP contribution in [0.3, 0.4) is 0 Å². The van der Waals surface area contributed by atoms with E-state index in [1.165, 1.54) is 0 Å². The summed E-state index contributed by atoms with van der Waals surface area (Å²) >= 11 is 6.46. The second-order valence-corrected chi connectivity index (χ2v) is 8.68. The molecule has 1 saturated heterocycles. The molecule has 2 unspecified atom stereocenters. The Labute approximate surface area is 199 Å². The van der Waals surface area contributed by atoms with Gasteiger partial charge in [-0.2, -0.15) is 0 Å². The third-order valence-corrected chi connectivity index (χ3v) is 5.67. The van der Waals surface area contributed by atoms with Gasteiger partial charge in [-0.05, 0) is 23.3 Å². The quantitative estimate of drug-likeness (QED) is 0.457. The first-order valence-corrected chi connectivity index (χ1v) is 11.4. The molecule has 0 saturated carbocycles. The Morgan fingerprint density at radius 1 is 1.27 bits per heavy atom. The number of nitrogens with one attached hydrogen (secondary N) is 3. The average molecular weight is 475 g/mol. The molecule has 0 spiro atoms. The minimum absolute atomic E-state index is 0.0192. The molecule has 1 aromatic heterocycles. The molecule has 178 valence electrons. The van der Waals surface area contributed by atoms with Crippen molar-refractivity contribution in [2.75, 3.05) is 20.3 Å². The summed E-state index contributed by atoms with van der Waals surface area (Å²) in [6, 6.07) is 9.03. The number of amides is 2. The van der Waals surface area contributed by atoms with E-state index in [4.69, 9.17) is 21.1 Å².